The molecule has 0 atom stereocenters. The molecule has 1 rings (SSSR count). The van der Waals surface area contributed by atoms with E-state index in [0.29, 0.717) is 0 Å². The number of rotatable bonds is 1. The van der Waals surface area contributed by atoms with E-state index in [4.69, 9.17) is 0 Å². The van der Waals surface area contributed by atoms with Gasteiger partial charge in [0.15, 0.2) is 0 Å². The SMILES string of the molecule is CC(=O)N(C)N(C(C)=O)C1CC[N]CC1. The Balaban J connectivity index is 2.71. The largest absolute Gasteiger partial charge is 0.273 e. The van der Waals surface area contributed by atoms with Crippen LogP contribution in [-0.4, -0.2) is 48.0 Å². The summed E-state index contributed by atoms with van der Waals surface area (Å²) in [5.74, 6) is -0.202. The zero-order chi connectivity index (χ0) is 11.4. The molecule has 0 aliphatic carbocycles. The van der Waals surface area contributed by atoms with Crippen molar-refractivity contribution in [3.8, 4) is 0 Å². The minimum absolute atomic E-state index is 0.0837. The van der Waals surface area contributed by atoms with Crippen molar-refractivity contribution in [2.45, 2.75) is 32.7 Å². The molecule has 5 heteroatoms. The highest BCUT2D eigenvalue weighted by atomic mass is 16.2. The van der Waals surface area contributed by atoms with Crippen molar-refractivity contribution in [1.29, 1.82) is 0 Å². The Bertz CT molecular complexity index is 249. The molecular weight excluding hydrogens is 194 g/mol. The lowest BCUT2D eigenvalue weighted by Crippen LogP contribution is -2.53. The summed E-state index contributed by atoms with van der Waals surface area (Å²) in [4.78, 5) is 22.7. The van der Waals surface area contributed by atoms with E-state index < -0.39 is 0 Å². The van der Waals surface area contributed by atoms with Crippen molar-refractivity contribution < 1.29 is 9.59 Å². The van der Waals surface area contributed by atoms with Gasteiger partial charge in [0.25, 0.3) is 0 Å². The topological polar surface area (TPSA) is 54.7 Å². The highest BCUT2D eigenvalue weighted by molar-refractivity contribution is 5.79. The van der Waals surface area contributed by atoms with E-state index in [1.165, 1.54) is 18.9 Å². The van der Waals surface area contributed by atoms with E-state index in [-0.39, 0.29) is 17.9 Å². The highest BCUT2D eigenvalue weighted by Gasteiger charge is 2.27. The van der Waals surface area contributed by atoms with Crippen molar-refractivity contribution in [1.82, 2.24) is 15.3 Å². The number of amides is 2. The molecule has 0 aromatic carbocycles. The quantitative estimate of drug-likeness (QED) is 0.574. The van der Waals surface area contributed by atoms with Crippen molar-refractivity contribution in [3.63, 3.8) is 0 Å². The first kappa shape index (κ1) is 12.0. The van der Waals surface area contributed by atoms with Crippen LogP contribution in [0.4, 0.5) is 0 Å². The van der Waals surface area contributed by atoms with Crippen LogP contribution in [0.2, 0.25) is 0 Å². The van der Waals surface area contributed by atoms with E-state index >= 15 is 0 Å². The van der Waals surface area contributed by atoms with Gasteiger partial charge in [-0.2, -0.15) is 0 Å². The highest BCUT2D eigenvalue weighted by Crippen LogP contribution is 2.14. The van der Waals surface area contributed by atoms with Gasteiger partial charge in [-0.3, -0.25) is 14.6 Å². The minimum Gasteiger partial charge on any atom is -0.273 e. The van der Waals surface area contributed by atoms with Gasteiger partial charge in [0, 0.05) is 34.0 Å². The maximum absolute atomic E-state index is 11.5. The molecule has 2 amide bonds. The van der Waals surface area contributed by atoms with E-state index in [0.717, 1.165) is 25.9 Å². The van der Waals surface area contributed by atoms with Gasteiger partial charge in [0.2, 0.25) is 11.8 Å². The van der Waals surface area contributed by atoms with Gasteiger partial charge in [-0.05, 0) is 12.8 Å². The molecule has 5 nitrogen and oxygen atoms in total. The summed E-state index contributed by atoms with van der Waals surface area (Å²) < 4.78 is 0. The second kappa shape index (κ2) is 5.11. The zero-order valence-corrected chi connectivity index (χ0v) is 9.56. The third-order valence-corrected chi connectivity index (χ3v) is 2.69. The van der Waals surface area contributed by atoms with Crippen LogP contribution in [0.5, 0.6) is 0 Å². The van der Waals surface area contributed by atoms with E-state index in [9.17, 15) is 9.59 Å². The first-order valence-electron chi connectivity index (χ1n) is 5.21. The predicted octanol–water partition coefficient (Wildman–Crippen LogP) is -0.00500. The van der Waals surface area contributed by atoms with Gasteiger partial charge in [0.1, 0.15) is 0 Å². The van der Waals surface area contributed by atoms with E-state index in [1.807, 2.05) is 0 Å². The summed E-state index contributed by atoms with van der Waals surface area (Å²) in [7, 11) is 1.63. The molecule has 15 heavy (non-hydrogen) atoms. The van der Waals surface area contributed by atoms with E-state index in [2.05, 4.69) is 5.32 Å². The van der Waals surface area contributed by atoms with Crippen LogP contribution in [0.3, 0.4) is 0 Å². The lowest BCUT2D eigenvalue weighted by molar-refractivity contribution is -0.164. The number of carbonyl (C=O) groups excluding carboxylic acids is 2. The Labute approximate surface area is 90.4 Å². The summed E-state index contributed by atoms with van der Waals surface area (Å²) in [5, 5.41) is 7.19. The summed E-state index contributed by atoms with van der Waals surface area (Å²) in [5.41, 5.74) is 0. The Morgan fingerprint density at radius 3 is 2.07 bits per heavy atom. The molecule has 1 aliphatic heterocycles. The average molecular weight is 212 g/mol. The van der Waals surface area contributed by atoms with Gasteiger partial charge in [-0.1, -0.05) is 0 Å². The predicted molar refractivity (Wildman–Crippen MR) is 55.9 cm³/mol. The monoisotopic (exact) mass is 212 g/mol. The molecule has 0 saturated carbocycles. The maximum atomic E-state index is 11.5. The zero-order valence-electron chi connectivity index (χ0n) is 9.56. The molecule has 1 saturated heterocycles. The number of nitrogens with zero attached hydrogens (tertiary/aromatic N) is 3. The molecule has 85 valence electrons. The van der Waals surface area contributed by atoms with Crippen LogP contribution in [-0.2, 0) is 9.59 Å². The van der Waals surface area contributed by atoms with Crippen LogP contribution in [0, 0.1) is 0 Å². The number of hydrogen-bond acceptors (Lipinski definition) is 2. The van der Waals surface area contributed by atoms with Crippen LogP contribution in [0.25, 0.3) is 0 Å². The third kappa shape index (κ3) is 2.92. The van der Waals surface area contributed by atoms with Gasteiger partial charge in [-0.25, -0.2) is 10.3 Å². The Hall–Kier alpha value is -1.10. The molecule has 1 fully saturated rings. The molecule has 0 aromatic rings. The summed E-state index contributed by atoms with van der Waals surface area (Å²) >= 11 is 0. The van der Waals surface area contributed by atoms with Gasteiger partial charge >= 0.3 is 0 Å². The van der Waals surface area contributed by atoms with Crippen LogP contribution >= 0.6 is 0 Å². The normalized spacial score (nSPS) is 17.3. The first-order valence-corrected chi connectivity index (χ1v) is 5.21. The lowest BCUT2D eigenvalue weighted by atomic mass is 10.1. The lowest BCUT2D eigenvalue weighted by Gasteiger charge is -2.38. The van der Waals surface area contributed by atoms with E-state index in [1.54, 1.807) is 12.1 Å². The molecule has 0 spiro atoms. The first-order chi connectivity index (χ1) is 7.04. The molecule has 1 aliphatic rings. The van der Waals surface area contributed by atoms with Gasteiger partial charge in [0.05, 0.1) is 6.04 Å². The second-order valence-electron chi connectivity index (χ2n) is 3.81. The summed E-state index contributed by atoms with van der Waals surface area (Å²) in [6.45, 7) is 4.51. The standard InChI is InChI=1S/C10H18N3O2/c1-8(14)12(3)13(9(2)15)10-4-6-11-7-5-10/h10H,4-7H2,1-3H3. The maximum Gasteiger partial charge on any atom is 0.238 e. The van der Waals surface area contributed by atoms with Crippen molar-refractivity contribution in [3.05, 3.63) is 0 Å². The third-order valence-electron chi connectivity index (χ3n) is 2.69. The van der Waals surface area contributed by atoms with Gasteiger partial charge in [-0.15, -0.1) is 0 Å². The molecule has 0 unspecified atom stereocenters. The number of hydrogen-bond donors (Lipinski definition) is 0. The Morgan fingerprint density at radius 1 is 1.13 bits per heavy atom. The molecular formula is C10H18N3O2. The molecule has 1 radical (unpaired) electrons. The van der Waals surface area contributed by atoms with Crippen LogP contribution in [0.1, 0.15) is 26.7 Å². The fourth-order valence-corrected chi connectivity index (χ4v) is 1.85. The number of hydrazine groups is 1. The smallest absolute Gasteiger partial charge is 0.238 e. The number of carbonyl (C=O) groups is 2. The summed E-state index contributed by atoms with van der Waals surface area (Å²) in [6, 6.07) is 0.119. The van der Waals surface area contributed by atoms with Crippen LogP contribution < -0.4 is 5.32 Å². The van der Waals surface area contributed by atoms with Crippen LogP contribution in [0.15, 0.2) is 0 Å². The molecule has 1 heterocycles. The summed E-state index contributed by atoms with van der Waals surface area (Å²) in [6.07, 6.45) is 1.69. The molecule has 0 aromatic heterocycles. The fraction of sp³-hybridized carbons (Fsp3) is 0.800. The van der Waals surface area contributed by atoms with Crippen molar-refractivity contribution in [2.24, 2.45) is 0 Å². The fourth-order valence-electron chi connectivity index (χ4n) is 1.85. The Morgan fingerprint density at radius 2 is 1.67 bits per heavy atom. The molecule has 0 bridgehead atoms. The number of piperidine rings is 1. The Kier molecular flexibility index (Phi) is 4.08. The van der Waals surface area contributed by atoms with Gasteiger partial charge < -0.3 is 0 Å². The van der Waals surface area contributed by atoms with Crippen molar-refractivity contribution in [2.75, 3.05) is 20.1 Å². The molecule has 0 N–H and O–H groups in total. The average Bonchev–Trinajstić information content (AvgIpc) is 2.18. The van der Waals surface area contributed by atoms with Crippen molar-refractivity contribution >= 4 is 11.8 Å². The minimum atomic E-state index is -0.118. The second-order valence-corrected chi connectivity index (χ2v) is 3.81.